The molecule has 0 saturated heterocycles. The summed E-state index contributed by atoms with van der Waals surface area (Å²) in [7, 11) is 3.78. The highest BCUT2D eigenvalue weighted by atomic mass is 16.5. The van der Waals surface area contributed by atoms with Crippen molar-refractivity contribution in [3.63, 3.8) is 0 Å². The molecule has 4 nitrogen and oxygen atoms in total. The number of ether oxygens (including phenoxy) is 1. The molecule has 1 aromatic carbocycles. The summed E-state index contributed by atoms with van der Waals surface area (Å²) in [5.74, 6) is 0.858. The van der Waals surface area contributed by atoms with Crippen LogP contribution in [0.25, 0.3) is 0 Å². The molecule has 3 N–H and O–H groups in total. The van der Waals surface area contributed by atoms with E-state index in [-0.39, 0.29) is 0 Å². The molecule has 1 rings (SSSR count). The first kappa shape index (κ1) is 16.0. The van der Waals surface area contributed by atoms with Crippen molar-refractivity contribution < 1.29 is 9.84 Å². The van der Waals surface area contributed by atoms with Crippen LogP contribution < -0.4 is 10.5 Å². The Morgan fingerprint density at radius 1 is 1.26 bits per heavy atom. The van der Waals surface area contributed by atoms with E-state index < -0.39 is 0 Å². The van der Waals surface area contributed by atoms with E-state index in [9.17, 15) is 0 Å². The molecular formula is C15H26N2O2. The number of aliphatic hydroxyl groups is 1. The second-order valence-corrected chi connectivity index (χ2v) is 4.87. The van der Waals surface area contributed by atoms with Crippen LogP contribution in [0.15, 0.2) is 18.2 Å². The van der Waals surface area contributed by atoms with E-state index in [4.69, 9.17) is 15.6 Å². The smallest absolute Gasteiger partial charge is 0.123 e. The first-order chi connectivity index (χ1) is 9.21. The number of aliphatic hydroxyl groups excluding tert-OH is 1. The third-order valence-corrected chi connectivity index (χ3v) is 3.22. The van der Waals surface area contributed by atoms with Gasteiger partial charge in [0, 0.05) is 25.3 Å². The molecule has 0 aliphatic rings. The van der Waals surface area contributed by atoms with E-state index in [1.54, 1.807) is 7.11 Å². The average molecular weight is 266 g/mol. The van der Waals surface area contributed by atoms with Gasteiger partial charge in [0.2, 0.25) is 0 Å². The van der Waals surface area contributed by atoms with Crippen molar-refractivity contribution in [1.82, 2.24) is 4.90 Å². The van der Waals surface area contributed by atoms with Gasteiger partial charge >= 0.3 is 0 Å². The molecule has 4 heteroatoms. The van der Waals surface area contributed by atoms with Gasteiger partial charge in [-0.2, -0.15) is 0 Å². The van der Waals surface area contributed by atoms with Crippen LogP contribution in [0.5, 0.6) is 5.75 Å². The number of nitrogens with zero attached hydrogens (tertiary/aromatic N) is 1. The molecule has 0 aliphatic heterocycles. The van der Waals surface area contributed by atoms with Gasteiger partial charge in [0.05, 0.1) is 7.11 Å². The van der Waals surface area contributed by atoms with Gasteiger partial charge in [0.15, 0.2) is 0 Å². The van der Waals surface area contributed by atoms with Crippen molar-refractivity contribution in [1.29, 1.82) is 0 Å². The van der Waals surface area contributed by atoms with Gasteiger partial charge in [-0.1, -0.05) is 6.07 Å². The Morgan fingerprint density at radius 3 is 2.68 bits per heavy atom. The maximum absolute atomic E-state index is 8.74. The molecule has 19 heavy (non-hydrogen) atoms. The maximum Gasteiger partial charge on any atom is 0.123 e. The Bertz CT molecular complexity index is 369. The number of benzene rings is 1. The van der Waals surface area contributed by atoms with Crippen molar-refractivity contribution in [2.45, 2.75) is 32.4 Å². The average Bonchev–Trinajstić information content (AvgIpc) is 2.43. The van der Waals surface area contributed by atoms with Crippen LogP contribution in [0.3, 0.4) is 0 Å². The maximum atomic E-state index is 8.74. The zero-order chi connectivity index (χ0) is 14.1. The number of rotatable bonds is 9. The number of hydrogen-bond acceptors (Lipinski definition) is 4. The quantitative estimate of drug-likeness (QED) is 0.669. The van der Waals surface area contributed by atoms with Crippen LogP contribution in [-0.4, -0.2) is 37.3 Å². The van der Waals surface area contributed by atoms with Crippen molar-refractivity contribution in [3.8, 4) is 5.75 Å². The van der Waals surface area contributed by atoms with E-state index in [0.717, 1.165) is 43.7 Å². The first-order valence-electron chi connectivity index (χ1n) is 6.86. The van der Waals surface area contributed by atoms with Gasteiger partial charge in [-0.3, -0.25) is 0 Å². The SMILES string of the molecule is COc1ccc(CN(C)CCCCCO)cc1CN. The topological polar surface area (TPSA) is 58.7 Å². The summed E-state index contributed by atoms with van der Waals surface area (Å²) in [4.78, 5) is 2.29. The molecular weight excluding hydrogens is 240 g/mol. The van der Waals surface area contributed by atoms with E-state index in [1.165, 1.54) is 5.56 Å². The molecule has 0 bridgehead atoms. The van der Waals surface area contributed by atoms with Crippen molar-refractivity contribution in [2.75, 3.05) is 27.3 Å². The summed E-state index contributed by atoms with van der Waals surface area (Å²) in [6.07, 6.45) is 3.10. The number of unbranched alkanes of at least 4 members (excludes halogenated alkanes) is 2. The van der Waals surface area contributed by atoms with Crippen LogP contribution >= 0.6 is 0 Å². The lowest BCUT2D eigenvalue weighted by Crippen LogP contribution is -2.19. The van der Waals surface area contributed by atoms with Gasteiger partial charge in [0.1, 0.15) is 5.75 Å². The summed E-state index contributed by atoms with van der Waals surface area (Å²) < 4.78 is 5.27. The third-order valence-electron chi connectivity index (χ3n) is 3.22. The molecule has 0 radical (unpaired) electrons. The highest BCUT2D eigenvalue weighted by molar-refractivity contribution is 5.37. The highest BCUT2D eigenvalue weighted by Crippen LogP contribution is 2.20. The lowest BCUT2D eigenvalue weighted by Gasteiger charge is -2.17. The molecule has 0 fully saturated rings. The molecule has 0 unspecified atom stereocenters. The van der Waals surface area contributed by atoms with E-state index in [2.05, 4.69) is 24.1 Å². The molecule has 0 spiro atoms. The van der Waals surface area contributed by atoms with Gasteiger partial charge in [-0.25, -0.2) is 0 Å². The minimum Gasteiger partial charge on any atom is -0.496 e. The molecule has 0 amide bonds. The summed E-state index contributed by atoms with van der Waals surface area (Å²) in [6, 6.07) is 6.18. The highest BCUT2D eigenvalue weighted by Gasteiger charge is 2.05. The van der Waals surface area contributed by atoms with Crippen LogP contribution in [0.1, 0.15) is 30.4 Å². The molecule has 1 aromatic rings. The van der Waals surface area contributed by atoms with E-state index in [1.807, 2.05) is 6.07 Å². The van der Waals surface area contributed by atoms with Gasteiger partial charge < -0.3 is 20.5 Å². The van der Waals surface area contributed by atoms with E-state index >= 15 is 0 Å². The molecule has 108 valence electrons. The predicted molar refractivity (Wildman–Crippen MR) is 78.2 cm³/mol. The lowest BCUT2D eigenvalue weighted by molar-refractivity contribution is 0.271. The van der Waals surface area contributed by atoms with Crippen LogP contribution in [-0.2, 0) is 13.1 Å². The minimum absolute atomic E-state index is 0.294. The lowest BCUT2D eigenvalue weighted by atomic mass is 10.1. The first-order valence-corrected chi connectivity index (χ1v) is 6.86. The van der Waals surface area contributed by atoms with Crippen LogP contribution in [0, 0.1) is 0 Å². The van der Waals surface area contributed by atoms with Crippen molar-refractivity contribution in [2.24, 2.45) is 5.73 Å². The fraction of sp³-hybridized carbons (Fsp3) is 0.600. The normalized spacial score (nSPS) is 11.0. The largest absolute Gasteiger partial charge is 0.496 e. The van der Waals surface area contributed by atoms with Gasteiger partial charge in [-0.15, -0.1) is 0 Å². The number of methoxy groups -OCH3 is 1. The predicted octanol–water partition coefficient (Wildman–Crippen LogP) is 1.75. The second kappa shape index (κ2) is 8.91. The Balaban J connectivity index is 2.47. The van der Waals surface area contributed by atoms with Crippen LogP contribution in [0.2, 0.25) is 0 Å². The summed E-state index contributed by atoms with van der Waals surface area (Å²) in [6.45, 7) is 2.75. The van der Waals surface area contributed by atoms with Gasteiger partial charge in [0.25, 0.3) is 0 Å². The summed E-state index contributed by atoms with van der Waals surface area (Å²) >= 11 is 0. The Kier molecular flexibility index (Phi) is 7.48. The molecule has 0 aliphatic carbocycles. The molecule has 0 aromatic heterocycles. The monoisotopic (exact) mass is 266 g/mol. The minimum atomic E-state index is 0.294. The summed E-state index contributed by atoms with van der Waals surface area (Å²) in [5, 5.41) is 8.74. The molecule has 0 saturated carbocycles. The van der Waals surface area contributed by atoms with Gasteiger partial charge in [-0.05, 0) is 50.6 Å². The van der Waals surface area contributed by atoms with E-state index in [0.29, 0.717) is 13.2 Å². The zero-order valence-corrected chi connectivity index (χ0v) is 12.1. The Hall–Kier alpha value is -1.10. The third kappa shape index (κ3) is 5.59. The molecule has 0 heterocycles. The number of hydrogen-bond donors (Lipinski definition) is 2. The fourth-order valence-corrected chi connectivity index (χ4v) is 2.15. The summed E-state index contributed by atoms with van der Waals surface area (Å²) in [5.41, 5.74) is 8.03. The standard InChI is InChI=1S/C15H26N2O2/c1-17(8-4-3-5-9-18)12-13-6-7-15(19-2)14(10-13)11-16/h6-7,10,18H,3-5,8-9,11-12,16H2,1-2H3. The van der Waals surface area contributed by atoms with Crippen LogP contribution in [0.4, 0.5) is 0 Å². The van der Waals surface area contributed by atoms with Crippen molar-refractivity contribution in [3.05, 3.63) is 29.3 Å². The Labute approximate surface area is 116 Å². The second-order valence-electron chi connectivity index (χ2n) is 4.87. The van der Waals surface area contributed by atoms with Crippen molar-refractivity contribution >= 4 is 0 Å². The number of nitrogens with two attached hydrogens (primary N) is 1. The Morgan fingerprint density at radius 2 is 2.05 bits per heavy atom. The molecule has 0 atom stereocenters. The fourth-order valence-electron chi connectivity index (χ4n) is 2.15. The zero-order valence-electron chi connectivity index (χ0n) is 12.1.